The summed E-state index contributed by atoms with van der Waals surface area (Å²) >= 11 is 7.08. The third-order valence-electron chi connectivity index (χ3n) is 3.17. The van der Waals surface area contributed by atoms with Gasteiger partial charge in [0.2, 0.25) is 0 Å². The first-order valence-electron chi connectivity index (χ1n) is 6.69. The number of hydrogen-bond donors (Lipinski definition) is 2. The molecule has 0 radical (unpaired) electrons. The Labute approximate surface area is 140 Å². The number of nitrogens with one attached hydrogen (secondary N) is 2. The quantitative estimate of drug-likeness (QED) is 0.813. The molecule has 23 heavy (non-hydrogen) atoms. The number of thioether (sulfide) groups is 1. The summed E-state index contributed by atoms with van der Waals surface area (Å²) in [7, 11) is 0. The molecule has 0 aromatic heterocycles. The molecule has 2 aromatic carbocycles. The molecule has 1 fully saturated rings. The Morgan fingerprint density at radius 1 is 1.13 bits per heavy atom. The number of hydrogen-bond acceptors (Lipinski definition) is 3. The van der Waals surface area contributed by atoms with Gasteiger partial charge in [0.25, 0.3) is 5.91 Å². The number of amides is 1. The van der Waals surface area contributed by atoms with E-state index in [1.54, 1.807) is 24.3 Å². The second-order valence-electron chi connectivity index (χ2n) is 4.74. The maximum absolute atomic E-state index is 13.8. The molecule has 118 valence electrons. The van der Waals surface area contributed by atoms with Gasteiger partial charge in [0.15, 0.2) is 5.50 Å². The number of para-hydroxylation sites is 1. The van der Waals surface area contributed by atoms with E-state index < -0.39 is 17.1 Å². The van der Waals surface area contributed by atoms with Crippen molar-refractivity contribution in [3.05, 3.63) is 69.6 Å². The Morgan fingerprint density at radius 3 is 2.61 bits per heavy atom. The first kappa shape index (κ1) is 15.8. The van der Waals surface area contributed by atoms with Gasteiger partial charge in [0.1, 0.15) is 11.6 Å². The Hall–Kier alpha value is -2.05. The Balaban J connectivity index is 1.80. The van der Waals surface area contributed by atoms with Gasteiger partial charge in [-0.15, -0.1) is 0 Å². The number of benzene rings is 2. The average Bonchev–Trinajstić information content (AvgIpc) is 2.85. The SMILES string of the molecule is O=C1NC(Nc2ccccc2F)S/C1=C\c1c(F)cccc1Cl. The van der Waals surface area contributed by atoms with Gasteiger partial charge < -0.3 is 10.6 Å². The smallest absolute Gasteiger partial charge is 0.260 e. The number of carbonyl (C=O) groups is 1. The zero-order valence-corrected chi connectivity index (χ0v) is 13.2. The fourth-order valence-corrected chi connectivity index (χ4v) is 3.24. The molecule has 1 aliphatic rings. The molecule has 1 amide bonds. The number of anilines is 1. The summed E-state index contributed by atoms with van der Waals surface area (Å²) in [6.45, 7) is 0. The fraction of sp³-hybridized carbons (Fsp3) is 0.0625. The summed E-state index contributed by atoms with van der Waals surface area (Å²) in [5.41, 5.74) is -0.120. The first-order valence-corrected chi connectivity index (χ1v) is 7.94. The zero-order valence-electron chi connectivity index (χ0n) is 11.6. The van der Waals surface area contributed by atoms with Gasteiger partial charge in [0.05, 0.1) is 15.6 Å². The van der Waals surface area contributed by atoms with Gasteiger partial charge in [-0.05, 0) is 30.3 Å². The van der Waals surface area contributed by atoms with Crippen LogP contribution in [0.5, 0.6) is 0 Å². The van der Waals surface area contributed by atoms with Crippen LogP contribution in [-0.2, 0) is 4.79 Å². The predicted molar refractivity (Wildman–Crippen MR) is 88.9 cm³/mol. The van der Waals surface area contributed by atoms with Crippen LogP contribution in [0.3, 0.4) is 0 Å². The molecular formula is C16H11ClF2N2OS. The van der Waals surface area contributed by atoms with Crippen LogP contribution in [0.25, 0.3) is 6.08 Å². The minimum Gasteiger partial charge on any atom is -0.354 e. The molecule has 3 nitrogen and oxygen atoms in total. The van der Waals surface area contributed by atoms with E-state index in [1.807, 2.05) is 0 Å². The molecule has 0 spiro atoms. The van der Waals surface area contributed by atoms with Crippen molar-refractivity contribution >= 4 is 41.0 Å². The molecule has 2 N–H and O–H groups in total. The van der Waals surface area contributed by atoms with Gasteiger partial charge in [0, 0.05) is 5.56 Å². The van der Waals surface area contributed by atoms with Gasteiger partial charge >= 0.3 is 0 Å². The molecule has 1 saturated heterocycles. The maximum atomic E-state index is 13.8. The highest BCUT2D eigenvalue weighted by Gasteiger charge is 2.28. The second-order valence-corrected chi connectivity index (χ2v) is 6.29. The molecule has 0 aliphatic carbocycles. The topological polar surface area (TPSA) is 41.1 Å². The minimum atomic E-state index is -0.545. The van der Waals surface area contributed by atoms with Crippen LogP contribution in [0.2, 0.25) is 5.02 Å². The van der Waals surface area contributed by atoms with E-state index in [4.69, 9.17) is 11.6 Å². The molecular weight excluding hydrogens is 342 g/mol. The average molecular weight is 353 g/mol. The molecule has 3 rings (SSSR count). The molecule has 0 saturated carbocycles. The van der Waals surface area contributed by atoms with E-state index in [1.165, 1.54) is 24.3 Å². The second kappa shape index (κ2) is 6.60. The normalized spacial score (nSPS) is 19.0. The van der Waals surface area contributed by atoms with Crippen molar-refractivity contribution in [3.8, 4) is 0 Å². The van der Waals surface area contributed by atoms with E-state index in [2.05, 4.69) is 10.6 Å². The largest absolute Gasteiger partial charge is 0.354 e. The van der Waals surface area contributed by atoms with Gasteiger partial charge in [-0.1, -0.05) is 41.6 Å². The summed E-state index contributed by atoms with van der Waals surface area (Å²) in [5.74, 6) is -1.30. The van der Waals surface area contributed by atoms with E-state index in [9.17, 15) is 13.6 Å². The van der Waals surface area contributed by atoms with Crippen molar-refractivity contribution < 1.29 is 13.6 Å². The highest BCUT2D eigenvalue weighted by molar-refractivity contribution is 8.05. The lowest BCUT2D eigenvalue weighted by Crippen LogP contribution is -2.31. The first-order chi connectivity index (χ1) is 11.0. The number of halogens is 3. The van der Waals surface area contributed by atoms with Crippen LogP contribution in [0.4, 0.5) is 14.5 Å². The van der Waals surface area contributed by atoms with Crippen molar-refractivity contribution in [2.24, 2.45) is 0 Å². The molecule has 7 heteroatoms. The molecule has 2 aromatic rings. The van der Waals surface area contributed by atoms with E-state index in [-0.39, 0.29) is 22.2 Å². The summed E-state index contributed by atoms with van der Waals surface area (Å²) in [5, 5.41) is 5.74. The summed E-state index contributed by atoms with van der Waals surface area (Å²) < 4.78 is 27.4. The molecule has 1 unspecified atom stereocenters. The summed E-state index contributed by atoms with van der Waals surface area (Å²) in [6.07, 6.45) is 1.39. The van der Waals surface area contributed by atoms with Crippen LogP contribution in [0, 0.1) is 11.6 Å². The minimum absolute atomic E-state index is 0.151. The highest BCUT2D eigenvalue weighted by Crippen LogP contribution is 2.32. The van der Waals surface area contributed by atoms with Crippen LogP contribution in [0.15, 0.2) is 47.4 Å². The van der Waals surface area contributed by atoms with Crippen LogP contribution in [-0.4, -0.2) is 11.4 Å². The lowest BCUT2D eigenvalue weighted by molar-refractivity contribution is -0.116. The maximum Gasteiger partial charge on any atom is 0.260 e. The lowest BCUT2D eigenvalue weighted by Gasteiger charge is -2.12. The van der Waals surface area contributed by atoms with E-state index >= 15 is 0 Å². The Bertz CT molecular complexity index is 777. The van der Waals surface area contributed by atoms with Crippen molar-refractivity contribution in [1.29, 1.82) is 0 Å². The molecule has 1 atom stereocenters. The fourth-order valence-electron chi connectivity index (χ4n) is 2.06. The zero-order chi connectivity index (χ0) is 16.4. The van der Waals surface area contributed by atoms with E-state index in [0.717, 1.165) is 11.8 Å². The Morgan fingerprint density at radius 2 is 1.87 bits per heavy atom. The third kappa shape index (κ3) is 3.48. The molecule has 1 heterocycles. The van der Waals surface area contributed by atoms with E-state index in [0.29, 0.717) is 4.91 Å². The number of carbonyl (C=O) groups excluding carboxylic acids is 1. The summed E-state index contributed by atoms with van der Waals surface area (Å²) in [4.78, 5) is 12.3. The van der Waals surface area contributed by atoms with Gasteiger partial charge in [-0.3, -0.25) is 4.79 Å². The predicted octanol–water partition coefficient (Wildman–Crippen LogP) is 4.22. The van der Waals surface area contributed by atoms with Crippen LogP contribution < -0.4 is 10.6 Å². The van der Waals surface area contributed by atoms with Crippen molar-refractivity contribution in [3.63, 3.8) is 0 Å². The standard InChI is InChI=1S/C16H11ClF2N2OS/c17-10-4-3-6-11(18)9(10)8-14-15(22)21-16(23-14)20-13-7-2-1-5-12(13)19/h1-8,16,20H,(H,21,22)/b14-8-. The molecule has 0 bridgehead atoms. The van der Waals surface area contributed by atoms with Crippen LogP contribution >= 0.6 is 23.4 Å². The third-order valence-corrected chi connectivity index (χ3v) is 4.52. The molecule has 1 aliphatic heterocycles. The van der Waals surface area contributed by atoms with Gasteiger partial charge in [-0.25, -0.2) is 8.78 Å². The van der Waals surface area contributed by atoms with Gasteiger partial charge in [-0.2, -0.15) is 0 Å². The monoisotopic (exact) mass is 352 g/mol. The Kier molecular flexibility index (Phi) is 4.54. The van der Waals surface area contributed by atoms with Crippen molar-refractivity contribution in [1.82, 2.24) is 5.32 Å². The van der Waals surface area contributed by atoms with Crippen molar-refractivity contribution in [2.75, 3.05) is 5.32 Å². The highest BCUT2D eigenvalue weighted by atomic mass is 35.5. The lowest BCUT2D eigenvalue weighted by atomic mass is 10.2. The van der Waals surface area contributed by atoms with Crippen LogP contribution in [0.1, 0.15) is 5.56 Å². The summed E-state index contributed by atoms with van der Waals surface area (Å²) in [6, 6.07) is 10.4. The number of rotatable bonds is 3. The van der Waals surface area contributed by atoms with Crippen molar-refractivity contribution in [2.45, 2.75) is 5.50 Å².